The number of carbonyl (C=O) groups excluding carboxylic acids is 1. The Balaban J connectivity index is 1.69. The molecule has 1 N–H and O–H groups in total. The van der Waals surface area contributed by atoms with E-state index in [-0.39, 0.29) is 18.1 Å². The minimum absolute atomic E-state index is 0.208. The lowest BCUT2D eigenvalue weighted by molar-refractivity contribution is -0.120. The van der Waals surface area contributed by atoms with Crippen LogP contribution in [0, 0.1) is 5.82 Å². The lowest BCUT2D eigenvalue weighted by atomic mass is 10.0. The van der Waals surface area contributed by atoms with Crippen molar-refractivity contribution >= 4 is 38.8 Å². The highest BCUT2D eigenvalue weighted by Crippen LogP contribution is 2.27. The van der Waals surface area contributed by atoms with Crippen LogP contribution in [0.15, 0.2) is 70.2 Å². The Hall–Kier alpha value is -2.53. The monoisotopic (exact) mass is 384 g/mol. The van der Waals surface area contributed by atoms with Crippen molar-refractivity contribution < 1.29 is 9.18 Å². The third-order valence-electron chi connectivity index (χ3n) is 3.59. The Morgan fingerprint density at radius 2 is 1.75 bits per heavy atom. The standard InChI is InChI=1S/C19H14BrFN2O/c20-18-10-7-14(16-3-1-2-4-17(16)18)11-19(24)23-22-12-13-5-8-15(21)9-6-13/h1-10,12H,11H2,(H,23,24). The number of rotatable bonds is 4. The molecule has 120 valence electrons. The summed E-state index contributed by atoms with van der Waals surface area (Å²) in [6, 6.07) is 17.6. The Bertz CT molecular complexity index is 907. The van der Waals surface area contributed by atoms with Crippen molar-refractivity contribution in [2.24, 2.45) is 5.10 Å². The molecule has 3 nitrogen and oxygen atoms in total. The van der Waals surface area contributed by atoms with Crippen molar-refractivity contribution in [2.75, 3.05) is 0 Å². The van der Waals surface area contributed by atoms with Crippen molar-refractivity contribution in [3.63, 3.8) is 0 Å². The Morgan fingerprint density at radius 1 is 1.04 bits per heavy atom. The molecule has 0 atom stereocenters. The number of nitrogens with one attached hydrogen (secondary N) is 1. The molecule has 24 heavy (non-hydrogen) atoms. The first-order valence-corrected chi connectivity index (χ1v) is 8.16. The largest absolute Gasteiger partial charge is 0.273 e. The van der Waals surface area contributed by atoms with Crippen LogP contribution in [0.5, 0.6) is 0 Å². The highest BCUT2D eigenvalue weighted by Gasteiger charge is 2.08. The summed E-state index contributed by atoms with van der Waals surface area (Å²) in [5.74, 6) is -0.515. The fourth-order valence-electron chi connectivity index (χ4n) is 2.42. The van der Waals surface area contributed by atoms with Gasteiger partial charge in [-0.05, 0) is 40.1 Å². The number of fused-ring (bicyclic) bond motifs is 1. The molecule has 3 rings (SSSR count). The molecule has 0 saturated carbocycles. The molecule has 3 aromatic carbocycles. The SMILES string of the molecule is O=C(Cc1ccc(Br)c2ccccc12)NN=Cc1ccc(F)cc1. The zero-order valence-corrected chi connectivity index (χ0v) is 14.3. The highest BCUT2D eigenvalue weighted by atomic mass is 79.9. The number of hydrogen-bond donors (Lipinski definition) is 1. The van der Waals surface area contributed by atoms with Gasteiger partial charge in [-0.15, -0.1) is 0 Å². The van der Waals surface area contributed by atoms with Gasteiger partial charge < -0.3 is 0 Å². The number of benzene rings is 3. The lowest BCUT2D eigenvalue weighted by Crippen LogP contribution is -2.19. The van der Waals surface area contributed by atoms with E-state index >= 15 is 0 Å². The maximum atomic E-state index is 12.8. The molecule has 0 fully saturated rings. The van der Waals surface area contributed by atoms with E-state index in [0.29, 0.717) is 5.56 Å². The molecular weight excluding hydrogens is 371 g/mol. The van der Waals surface area contributed by atoms with Gasteiger partial charge in [-0.2, -0.15) is 5.10 Å². The molecule has 1 amide bonds. The van der Waals surface area contributed by atoms with Gasteiger partial charge in [0.05, 0.1) is 12.6 Å². The predicted molar refractivity (Wildman–Crippen MR) is 97.5 cm³/mol. The third-order valence-corrected chi connectivity index (χ3v) is 4.28. The number of halogens is 2. The van der Waals surface area contributed by atoms with Crippen LogP contribution in [0.2, 0.25) is 0 Å². The third kappa shape index (κ3) is 3.86. The first-order valence-electron chi connectivity index (χ1n) is 7.37. The fourth-order valence-corrected chi connectivity index (χ4v) is 2.90. The van der Waals surface area contributed by atoms with E-state index in [1.54, 1.807) is 12.1 Å². The van der Waals surface area contributed by atoms with E-state index in [0.717, 1.165) is 20.8 Å². The number of hydrogen-bond acceptors (Lipinski definition) is 2. The van der Waals surface area contributed by atoms with Crippen molar-refractivity contribution in [1.29, 1.82) is 0 Å². The zero-order chi connectivity index (χ0) is 16.9. The molecule has 5 heteroatoms. The first kappa shape index (κ1) is 16.3. The molecular formula is C19H14BrFN2O. The molecule has 0 unspecified atom stereocenters. The minimum atomic E-state index is -0.307. The Kier molecular flexibility index (Phi) is 5.01. The van der Waals surface area contributed by atoms with Crippen LogP contribution >= 0.6 is 15.9 Å². The molecule has 0 bridgehead atoms. The molecule has 3 aromatic rings. The molecule has 0 aliphatic heterocycles. The summed E-state index contributed by atoms with van der Waals surface area (Å²) >= 11 is 3.52. The van der Waals surface area contributed by atoms with Crippen molar-refractivity contribution in [2.45, 2.75) is 6.42 Å². The first-order chi connectivity index (χ1) is 11.6. The van der Waals surface area contributed by atoms with Gasteiger partial charge in [0.25, 0.3) is 0 Å². The molecule has 0 saturated heterocycles. The lowest BCUT2D eigenvalue weighted by Gasteiger charge is -2.07. The van der Waals surface area contributed by atoms with Crippen LogP contribution < -0.4 is 5.43 Å². The number of nitrogens with zero attached hydrogens (tertiary/aromatic N) is 1. The van der Waals surface area contributed by atoms with Gasteiger partial charge in [0.2, 0.25) is 5.91 Å². The second-order valence-electron chi connectivity index (χ2n) is 5.27. The summed E-state index contributed by atoms with van der Waals surface area (Å²) in [5.41, 5.74) is 4.15. The second kappa shape index (κ2) is 7.36. The molecule has 0 aliphatic carbocycles. The van der Waals surface area contributed by atoms with Crippen LogP contribution in [-0.4, -0.2) is 12.1 Å². The topological polar surface area (TPSA) is 41.5 Å². The molecule has 0 aromatic heterocycles. The summed E-state index contributed by atoms with van der Waals surface area (Å²) in [6.45, 7) is 0. The highest BCUT2D eigenvalue weighted by molar-refractivity contribution is 9.10. The Morgan fingerprint density at radius 3 is 2.50 bits per heavy atom. The normalized spacial score (nSPS) is 11.1. The van der Waals surface area contributed by atoms with Crippen LogP contribution in [0.4, 0.5) is 4.39 Å². The molecule has 0 aliphatic rings. The van der Waals surface area contributed by atoms with Gasteiger partial charge in [-0.3, -0.25) is 4.79 Å². The Labute approximate surface area is 147 Å². The number of hydrazone groups is 1. The van der Waals surface area contributed by atoms with Crippen LogP contribution in [0.1, 0.15) is 11.1 Å². The zero-order valence-electron chi connectivity index (χ0n) is 12.7. The summed E-state index contributed by atoms with van der Waals surface area (Å²) in [6.07, 6.45) is 1.71. The van der Waals surface area contributed by atoms with E-state index in [2.05, 4.69) is 26.5 Å². The van der Waals surface area contributed by atoms with Gasteiger partial charge in [0.1, 0.15) is 5.82 Å². The van der Waals surface area contributed by atoms with Gasteiger partial charge in [-0.1, -0.05) is 58.4 Å². The maximum absolute atomic E-state index is 12.8. The van der Waals surface area contributed by atoms with E-state index in [1.807, 2.05) is 36.4 Å². The number of amides is 1. The molecule has 0 heterocycles. The number of carbonyl (C=O) groups is 1. The maximum Gasteiger partial charge on any atom is 0.244 e. The average Bonchev–Trinajstić information content (AvgIpc) is 2.59. The molecule has 0 spiro atoms. The summed E-state index contributed by atoms with van der Waals surface area (Å²) in [5, 5.41) is 6.01. The van der Waals surface area contributed by atoms with E-state index in [4.69, 9.17) is 0 Å². The second-order valence-corrected chi connectivity index (χ2v) is 6.13. The molecule has 0 radical (unpaired) electrons. The summed E-state index contributed by atoms with van der Waals surface area (Å²) < 4.78 is 13.8. The van der Waals surface area contributed by atoms with Crippen molar-refractivity contribution in [3.05, 3.63) is 82.1 Å². The van der Waals surface area contributed by atoms with Crippen molar-refractivity contribution in [1.82, 2.24) is 5.43 Å². The fraction of sp³-hybridized carbons (Fsp3) is 0.0526. The van der Waals surface area contributed by atoms with Crippen molar-refractivity contribution in [3.8, 4) is 0 Å². The van der Waals surface area contributed by atoms with E-state index in [9.17, 15) is 9.18 Å². The average molecular weight is 385 g/mol. The summed E-state index contributed by atoms with van der Waals surface area (Å²) in [4.78, 5) is 12.1. The van der Waals surface area contributed by atoms with Crippen LogP contribution in [0.3, 0.4) is 0 Å². The minimum Gasteiger partial charge on any atom is -0.273 e. The van der Waals surface area contributed by atoms with E-state index in [1.165, 1.54) is 18.3 Å². The van der Waals surface area contributed by atoms with Gasteiger partial charge >= 0.3 is 0 Å². The van der Waals surface area contributed by atoms with Crippen LogP contribution in [-0.2, 0) is 11.2 Å². The predicted octanol–water partition coefficient (Wildman–Crippen LogP) is 4.43. The smallest absolute Gasteiger partial charge is 0.244 e. The van der Waals surface area contributed by atoms with Crippen LogP contribution in [0.25, 0.3) is 10.8 Å². The quantitative estimate of drug-likeness (QED) is 0.524. The van der Waals surface area contributed by atoms with Gasteiger partial charge in [0.15, 0.2) is 0 Å². The summed E-state index contributed by atoms with van der Waals surface area (Å²) in [7, 11) is 0. The van der Waals surface area contributed by atoms with E-state index < -0.39 is 0 Å². The van der Waals surface area contributed by atoms with Gasteiger partial charge in [-0.25, -0.2) is 9.82 Å². The van der Waals surface area contributed by atoms with Gasteiger partial charge in [0, 0.05) is 4.47 Å².